The third-order valence-corrected chi connectivity index (χ3v) is 3.54. The van der Waals surface area contributed by atoms with Crippen molar-refractivity contribution in [1.29, 1.82) is 0 Å². The zero-order valence-corrected chi connectivity index (χ0v) is 16.8. The van der Waals surface area contributed by atoms with Crippen LogP contribution in [0.2, 0.25) is 0 Å². The first kappa shape index (κ1) is 20.5. The second-order valence-corrected chi connectivity index (χ2v) is 5.99. The highest BCUT2D eigenvalue weighted by Crippen LogP contribution is 2.26. The number of carbonyl (C=O) groups is 1. The van der Waals surface area contributed by atoms with Crippen LogP contribution in [0.5, 0.6) is 5.75 Å². The Hall–Kier alpha value is -1.51. The summed E-state index contributed by atoms with van der Waals surface area (Å²) in [5, 5.41) is 9.34. The highest BCUT2D eigenvalue weighted by atomic mass is 127. The topological polar surface area (TPSA) is 74.8 Å². The second kappa shape index (κ2) is 10.4. The van der Waals surface area contributed by atoms with Crippen LogP contribution in [0, 0.1) is 5.92 Å². The van der Waals surface area contributed by atoms with Crippen LogP contribution in [0.15, 0.2) is 23.2 Å². The van der Waals surface area contributed by atoms with Gasteiger partial charge in [0.25, 0.3) is 0 Å². The summed E-state index contributed by atoms with van der Waals surface area (Å²) in [4.78, 5) is 15.5. The minimum Gasteiger partial charge on any atom is -0.492 e. The van der Waals surface area contributed by atoms with E-state index in [4.69, 9.17) is 4.74 Å². The Labute approximate surface area is 160 Å². The molecule has 0 saturated carbocycles. The number of nitrogens with zero attached hydrogens (tertiary/aromatic N) is 1. The summed E-state index contributed by atoms with van der Waals surface area (Å²) in [6.07, 6.45) is 1.30. The lowest BCUT2D eigenvalue weighted by Crippen LogP contribution is -2.40. The molecule has 1 aliphatic heterocycles. The molecular formula is C17H27IN4O2. The molecular weight excluding hydrogens is 419 g/mol. The number of anilines is 1. The molecule has 3 N–H and O–H groups in total. The number of benzene rings is 1. The number of ether oxygens (including phenoxy) is 1. The van der Waals surface area contributed by atoms with Gasteiger partial charge in [-0.25, -0.2) is 0 Å². The quantitative estimate of drug-likeness (QED) is 0.272. The van der Waals surface area contributed by atoms with Gasteiger partial charge in [-0.3, -0.25) is 9.79 Å². The van der Waals surface area contributed by atoms with E-state index in [9.17, 15) is 4.79 Å². The average molecular weight is 446 g/mol. The molecule has 7 heteroatoms. The minimum atomic E-state index is 0. The molecule has 1 aromatic carbocycles. The molecule has 2 rings (SSSR count). The van der Waals surface area contributed by atoms with Gasteiger partial charge in [-0.15, -0.1) is 24.0 Å². The lowest BCUT2D eigenvalue weighted by molar-refractivity contribution is -0.116. The second-order valence-electron chi connectivity index (χ2n) is 5.99. The number of nitrogens with one attached hydrogen (secondary N) is 3. The maximum atomic E-state index is 11.3. The molecule has 0 saturated heterocycles. The van der Waals surface area contributed by atoms with E-state index in [1.54, 1.807) is 7.05 Å². The van der Waals surface area contributed by atoms with Gasteiger partial charge in [0, 0.05) is 25.7 Å². The molecule has 1 aromatic rings. The van der Waals surface area contributed by atoms with Crippen molar-refractivity contribution in [2.75, 3.05) is 32.1 Å². The van der Waals surface area contributed by atoms with Gasteiger partial charge in [-0.05, 0) is 36.1 Å². The van der Waals surface area contributed by atoms with Gasteiger partial charge >= 0.3 is 0 Å². The zero-order chi connectivity index (χ0) is 16.7. The van der Waals surface area contributed by atoms with E-state index >= 15 is 0 Å². The predicted molar refractivity (Wildman–Crippen MR) is 109 cm³/mol. The average Bonchev–Trinajstić information content (AvgIpc) is 2.54. The number of aryl methyl sites for hydroxylation is 1. The van der Waals surface area contributed by atoms with Gasteiger partial charge in [-0.2, -0.15) is 0 Å². The lowest BCUT2D eigenvalue weighted by Gasteiger charge is -2.18. The fourth-order valence-corrected chi connectivity index (χ4v) is 2.31. The maximum absolute atomic E-state index is 11.3. The monoisotopic (exact) mass is 446 g/mol. The molecule has 0 atom stereocenters. The Kier molecular flexibility index (Phi) is 8.88. The molecule has 0 unspecified atom stereocenters. The smallest absolute Gasteiger partial charge is 0.224 e. The van der Waals surface area contributed by atoms with Crippen molar-refractivity contribution in [3.05, 3.63) is 23.8 Å². The van der Waals surface area contributed by atoms with E-state index < -0.39 is 0 Å². The van der Waals surface area contributed by atoms with Gasteiger partial charge in [-0.1, -0.05) is 13.8 Å². The van der Waals surface area contributed by atoms with Gasteiger partial charge < -0.3 is 20.7 Å². The summed E-state index contributed by atoms with van der Waals surface area (Å²) in [5.41, 5.74) is 2.02. The molecule has 0 radical (unpaired) electrons. The van der Waals surface area contributed by atoms with E-state index in [1.165, 1.54) is 0 Å². The number of aliphatic imine (C=N–C) groups is 1. The summed E-state index contributed by atoms with van der Waals surface area (Å²) in [6.45, 7) is 6.42. The zero-order valence-electron chi connectivity index (χ0n) is 14.5. The predicted octanol–water partition coefficient (Wildman–Crippen LogP) is 2.39. The van der Waals surface area contributed by atoms with Gasteiger partial charge in [0.1, 0.15) is 12.4 Å². The van der Waals surface area contributed by atoms with Gasteiger partial charge in [0.05, 0.1) is 6.54 Å². The van der Waals surface area contributed by atoms with Crippen LogP contribution in [-0.4, -0.2) is 38.6 Å². The number of hydrogen-bond donors (Lipinski definition) is 3. The third kappa shape index (κ3) is 6.54. The van der Waals surface area contributed by atoms with Crippen LogP contribution in [0.3, 0.4) is 0 Å². The van der Waals surface area contributed by atoms with Crippen molar-refractivity contribution < 1.29 is 9.53 Å². The van der Waals surface area contributed by atoms with Gasteiger partial charge in [0.15, 0.2) is 5.96 Å². The minimum absolute atomic E-state index is 0. The molecule has 134 valence electrons. The first-order valence-corrected chi connectivity index (χ1v) is 8.08. The summed E-state index contributed by atoms with van der Waals surface area (Å²) >= 11 is 0. The van der Waals surface area contributed by atoms with Crippen LogP contribution in [0.4, 0.5) is 5.69 Å². The number of halogens is 1. The number of guanidine groups is 1. The Balaban J connectivity index is 0.00000288. The van der Waals surface area contributed by atoms with Crippen molar-refractivity contribution in [2.24, 2.45) is 10.9 Å². The Morgan fingerprint density at radius 1 is 1.33 bits per heavy atom. The number of rotatable bonds is 6. The fourth-order valence-electron chi connectivity index (χ4n) is 2.31. The molecule has 0 fully saturated rings. The largest absolute Gasteiger partial charge is 0.492 e. The molecule has 24 heavy (non-hydrogen) atoms. The van der Waals surface area contributed by atoms with E-state index in [0.29, 0.717) is 25.5 Å². The molecule has 1 amide bonds. The fraction of sp³-hybridized carbons (Fsp3) is 0.529. The highest BCUT2D eigenvalue weighted by Gasteiger charge is 2.14. The number of carbonyl (C=O) groups excluding carboxylic acids is 1. The number of hydrogen-bond acceptors (Lipinski definition) is 3. The highest BCUT2D eigenvalue weighted by molar-refractivity contribution is 14.0. The third-order valence-electron chi connectivity index (χ3n) is 3.54. The molecule has 0 bridgehead atoms. The lowest BCUT2D eigenvalue weighted by atomic mass is 10.0. The number of fused-ring (bicyclic) bond motifs is 1. The van der Waals surface area contributed by atoms with E-state index in [2.05, 4.69) is 34.8 Å². The van der Waals surface area contributed by atoms with Crippen molar-refractivity contribution in [1.82, 2.24) is 10.6 Å². The van der Waals surface area contributed by atoms with Crippen LogP contribution >= 0.6 is 24.0 Å². The summed E-state index contributed by atoms with van der Waals surface area (Å²) in [5.74, 6) is 2.26. The van der Waals surface area contributed by atoms with Crippen molar-refractivity contribution >= 4 is 41.5 Å². The Bertz CT molecular complexity index is 576. The van der Waals surface area contributed by atoms with Crippen LogP contribution in [-0.2, 0) is 11.2 Å². The first-order chi connectivity index (χ1) is 11.1. The molecule has 6 nitrogen and oxygen atoms in total. The molecule has 0 spiro atoms. The summed E-state index contributed by atoms with van der Waals surface area (Å²) < 4.78 is 5.76. The van der Waals surface area contributed by atoms with E-state index in [1.807, 2.05) is 18.2 Å². The molecule has 0 aromatic heterocycles. The van der Waals surface area contributed by atoms with Crippen molar-refractivity contribution in [3.8, 4) is 5.75 Å². The molecule has 1 heterocycles. The van der Waals surface area contributed by atoms with Crippen LogP contribution in [0.1, 0.15) is 25.8 Å². The van der Waals surface area contributed by atoms with E-state index in [-0.39, 0.29) is 29.9 Å². The normalized spacial score (nSPS) is 13.7. The SMILES string of the molecule is CN=C(NCCOc1ccc2c(c1)CCC(=O)N2)NCC(C)C.I. The van der Waals surface area contributed by atoms with Crippen LogP contribution < -0.4 is 20.7 Å². The summed E-state index contributed by atoms with van der Waals surface area (Å²) in [6, 6.07) is 5.79. The van der Waals surface area contributed by atoms with Crippen molar-refractivity contribution in [3.63, 3.8) is 0 Å². The Morgan fingerprint density at radius 3 is 2.83 bits per heavy atom. The number of amides is 1. The van der Waals surface area contributed by atoms with Gasteiger partial charge in [0.2, 0.25) is 5.91 Å². The molecule has 1 aliphatic rings. The standard InChI is InChI=1S/C17H26N4O2.HI/c1-12(2)11-20-17(18-3)19-8-9-23-14-5-6-15-13(10-14)4-7-16(22)21-15;/h5-6,10,12H,4,7-9,11H2,1-3H3,(H,21,22)(H2,18,19,20);1H. The van der Waals surface area contributed by atoms with Crippen LogP contribution in [0.25, 0.3) is 0 Å². The Morgan fingerprint density at radius 2 is 2.12 bits per heavy atom. The van der Waals surface area contributed by atoms with E-state index in [0.717, 1.165) is 35.9 Å². The maximum Gasteiger partial charge on any atom is 0.224 e. The van der Waals surface area contributed by atoms with Crippen molar-refractivity contribution in [2.45, 2.75) is 26.7 Å². The molecule has 0 aliphatic carbocycles. The summed E-state index contributed by atoms with van der Waals surface area (Å²) in [7, 11) is 1.76. The first-order valence-electron chi connectivity index (χ1n) is 8.08.